The SMILES string of the molecule is COC(=O)c1ccc(NC(=O)c2ccccc2F)cc1C(F)(F)F. The molecular formula is C16H11F4NO3. The maximum Gasteiger partial charge on any atom is 0.417 e. The van der Waals surface area contributed by atoms with Crippen LogP contribution in [0.1, 0.15) is 26.3 Å². The van der Waals surface area contributed by atoms with E-state index in [2.05, 4.69) is 10.1 Å². The summed E-state index contributed by atoms with van der Waals surface area (Å²) in [5.74, 6) is -2.88. The molecule has 0 saturated heterocycles. The molecule has 0 aliphatic rings. The minimum atomic E-state index is -4.83. The average Bonchev–Trinajstić information content (AvgIpc) is 2.53. The first-order chi connectivity index (χ1) is 11.2. The number of carbonyl (C=O) groups is 2. The molecule has 0 heterocycles. The summed E-state index contributed by atoms with van der Waals surface area (Å²) < 4.78 is 57.0. The summed E-state index contributed by atoms with van der Waals surface area (Å²) >= 11 is 0. The number of methoxy groups -OCH3 is 1. The van der Waals surface area contributed by atoms with E-state index in [1.165, 1.54) is 18.2 Å². The standard InChI is InChI=1S/C16H11F4NO3/c1-24-15(23)10-7-6-9(8-12(10)16(18,19)20)21-14(22)11-4-2-3-5-13(11)17/h2-8H,1H3,(H,21,22). The van der Waals surface area contributed by atoms with Crippen LogP contribution in [0, 0.1) is 5.82 Å². The molecule has 2 rings (SSSR count). The van der Waals surface area contributed by atoms with Gasteiger partial charge in [-0.3, -0.25) is 4.79 Å². The van der Waals surface area contributed by atoms with Gasteiger partial charge >= 0.3 is 12.1 Å². The fraction of sp³-hybridized carbons (Fsp3) is 0.125. The van der Waals surface area contributed by atoms with Crippen LogP contribution in [0.25, 0.3) is 0 Å². The van der Waals surface area contributed by atoms with Crippen molar-refractivity contribution in [3.05, 3.63) is 65.0 Å². The van der Waals surface area contributed by atoms with Crippen molar-refractivity contribution >= 4 is 17.6 Å². The van der Waals surface area contributed by atoms with Crippen molar-refractivity contribution in [1.82, 2.24) is 0 Å². The van der Waals surface area contributed by atoms with Gasteiger partial charge in [-0.2, -0.15) is 13.2 Å². The largest absolute Gasteiger partial charge is 0.465 e. The molecule has 0 radical (unpaired) electrons. The van der Waals surface area contributed by atoms with Gasteiger partial charge in [0.2, 0.25) is 0 Å². The summed E-state index contributed by atoms with van der Waals surface area (Å²) in [7, 11) is 0.955. The average molecular weight is 341 g/mol. The van der Waals surface area contributed by atoms with Crippen molar-refractivity contribution in [3.63, 3.8) is 0 Å². The summed E-state index contributed by atoms with van der Waals surface area (Å²) in [4.78, 5) is 23.4. The van der Waals surface area contributed by atoms with Gasteiger partial charge in [0.25, 0.3) is 5.91 Å². The zero-order chi connectivity index (χ0) is 17.9. The Kier molecular flexibility index (Phi) is 4.87. The number of ether oxygens (including phenoxy) is 1. The monoisotopic (exact) mass is 341 g/mol. The molecule has 8 heteroatoms. The van der Waals surface area contributed by atoms with Gasteiger partial charge in [0, 0.05) is 5.69 Å². The number of esters is 1. The first kappa shape index (κ1) is 17.5. The molecule has 2 aromatic rings. The number of hydrogen-bond donors (Lipinski definition) is 1. The summed E-state index contributed by atoms with van der Waals surface area (Å²) in [6.45, 7) is 0. The third-order valence-corrected chi connectivity index (χ3v) is 3.11. The van der Waals surface area contributed by atoms with Crippen molar-refractivity contribution < 1.29 is 31.9 Å². The Bertz CT molecular complexity index is 787. The Hall–Kier alpha value is -2.90. The Morgan fingerprint density at radius 1 is 1.04 bits per heavy atom. The number of hydrogen-bond acceptors (Lipinski definition) is 3. The second-order valence-electron chi connectivity index (χ2n) is 4.68. The van der Waals surface area contributed by atoms with E-state index in [9.17, 15) is 27.2 Å². The molecule has 0 fully saturated rings. The van der Waals surface area contributed by atoms with E-state index < -0.39 is 35.0 Å². The van der Waals surface area contributed by atoms with Gasteiger partial charge in [-0.1, -0.05) is 12.1 Å². The van der Waals surface area contributed by atoms with Gasteiger partial charge in [-0.05, 0) is 30.3 Å². The Morgan fingerprint density at radius 2 is 1.71 bits per heavy atom. The Morgan fingerprint density at radius 3 is 2.29 bits per heavy atom. The molecule has 0 aliphatic heterocycles. The number of amides is 1. The van der Waals surface area contributed by atoms with Crippen LogP contribution < -0.4 is 5.32 Å². The molecule has 126 valence electrons. The predicted molar refractivity (Wildman–Crippen MR) is 77.1 cm³/mol. The van der Waals surface area contributed by atoms with E-state index in [4.69, 9.17) is 0 Å². The van der Waals surface area contributed by atoms with Crippen molar-refractivity contribution in [1.29, 1.82) is 0 Å². The van der Waals surface area contributed by atoms with Crippen LogP contribution >= 0.6 is 0 Å². The number of nitrogens with one attached hydrogen (secondary N) is 1. The third-order valence-electron chi connectivity index (χ3n) is 3.11. The highest BCUT2D eigenvalue weighted by atomic mass is 19.4. The summed E-state index contributed by atoms with van der Waals surface area (Å²) in [6, 6.07) is 7.60. The zero-order valence-electron chi connectivity index (χ0n) is 12.3. The number of alkyl halides is 3. The molecule has 0 aliphatic carbocycles. The number of halogens is 4. The lowest BCUT2D eigenvalue weighted by molar-refractivity contribution is -0.138. The predicted octanol–water partition coefficient (Wildman–Crippen LogP) is 3.88. The molecule has 1 amide bonds. The van der Waals surface area contributed by atoms with Gasteiger partial charge in [0.1, 0.15) is 5.82 Å². The van der Waals surface area contributed by atoms with Crippen LogP contribution in [-0.4, -0.2) is 19.0 Å². The second kappa shape index (κ2) is 6.69. The second-order valence-corrected chi connectivity index (χ2v) is 4.68. The lowest BCUT2D eigenvalue weighted by atomic mass is 10.1. The van der Waals surface area contributed by atoms with Crippen molar-refractivity contribution in [2.75, 3.05) is 12.4 Å². The van der Waals surface area contributed by atoms with Crippen LogP contribution in [0.2, 0.25) is 0 Å². The normalized spacial score (nSPS) is 11.0. The summed E-state index contributed by atoms with van der Waals surface area (Å²) in [5, 5.41) is 2.16. The summed E-state index contributed by atoms with van der Waals surface area (Å²) in [5.41, 5.74) is -2.50. The zero-order valence-corrected chi connectivity index (χ0v) is 12.3. The fourth-order valence-electron chi connectivity index (χ4n) is 1.99. The molecule has 2 aromatic carbocycles. The molecule has 0 atom stereocenters. The van der Waals surface area contributed by atoms with Crippen LogP contribution in [0.5, 0.6) is 0 Å². The first-order valence-corrected chi connectivity index (χ1v) is 6.59. The van der Waals surface area contributed by atoms with Crippen molar-refractivity contribution in [2.45, 2.75) is 6.18 Å². The minimum absolute atomic E-state index is 0.233. The van der Waals surface area contributed by atoms with E-state index >= 15 is 0 Å². The van der Waals surface area contributed by atoms with Gasteiger partial charge < -0.3 is 10.1 Å². The van der Waals surface area contributed by atoms with Crippen molar-refractivity contribution in [2.24, 2.45) is 0 Å². The van der Waals surface area contributed by atoms with Gasteiger partial charge in [0.15, 0.2) is 0 Å². The quantitative estimate of drug-likeness (QED) is 0.681. The van der Waals surface area contributed by atoms with E-state index in [0.29, 0.717) is 6.07 Å². The smallest absolute Gasteiger partial charge is 0.417 e. The minimum Gasteiger partial charge on any atom is -0.465 e. The van der Waals surface area contributed by atoms with E-state index in [0.717, 1.165) is 25.3 Å². The number of rotatable bonds is 3. The molecule has 24 heavy (non-hydrogen) atoms. The summed E-state index contributed by atoms with van der Waals surface area (Å²) in [6.07, 6.45) is -4.83. The number of anilines is 1. The maximum absolute atomic E-state index is 13.5. The fourth-order valence-corrected chi connectivity index (χ4v) is 1.99. The van der Waals surface area contributed by atoms with Gasteiger partial charge in [-0.15, -0.1) is 0 Å². The first-order valence-electron chi connectivity index (χ1n) is 6.59. The topological polar surface area (TPSA) is 55.4 Å². The molecule has 4 nitrogen and oxygen atoms in total. The van der Waals surface area contributed by atoms with E-state index in [1.807, 2.05) is 0 Å². The lowest BCUT2D eigenvalue weighted by Crippen LogP contribution is -2.17. The highest BCUT2D eigenvalue weighted by Gasteiger charge is 2.36. The van der Waals surface area contributed by atoms with Gasteiger partial charge in [-0.25, -0.2) is 9.18 Å². The number of benzene rings is 2. The van der Waals surface area contributed by atoms with Crippen LogP contribution in [0.15, 0.2) is 42.5 Å². The van der Waals surface area contributed by atoms with E-state index in [-0.39, 0.29) is 11.3 Å². The van der Waals surface area contributed by atoms with Crippen LogP contribution in [0.4, 0.5) is 23.2 Å². The third kappa shape index (κ3) is 3.70. The Balaban J connectivity index is 2.37. The molecule has 0 unspecified atom stereocenters. The molecular weight excluding hydrogens is 330 g/mol. The lowest BCUT2D eigenvalue weighted by Gasteiger charge is -2.14. The molecule has 0 spiro atoms. The highest BCUT2D eigenvalue weighted by molar-refractivity contribution is 6.04. The molecule has 0 bridgehead atoms. The molecule has 1 N–H and O–H groups in total. The molecule has 0 aromatic heterocycles. The van der Waals surface area contributed by atoms with E-state index in [1.54, 1.807) is 0 Å². The van der Waals surface area contributed by atoms with Crippen LogP contribution in [-0.2, 0) is 10.9 Å². The highest BCUT2D eigenvalue weighted by Crippen LogP contribution is 2.34. The van der Waals surface area contributed by atoms with Crippen molar-refractivity contribution in [3.8, 4) is 0 Å². The van der Waals surface area contributed by atoms with Crippen LogP contribution in [0.3, 0.4) is 0 Å². The molecule has 0 saturated carbocycles. The maximum atomic E-state index is 13.5. The Labute approximate surface area is 134 Å². The number of carbonyl (C=O) groups excluding carboxylic acids is 2. The van der Waals surface area contributed by atoms with Gasteiger partial charge in [0.05, 0.1) is 23.8 Å².